The summed E-state index contributed by atoms with van der Waals surface area (Å²) in [7, 11) is 0. The molecule has 0 spiro atoms. The van der Waals surface area contributed by atoms with Crippen molar-refractivity contribution in [3.63, 3.8) is 0 Å². The van der Waals surface area contributed by atoms with Gasteiger partial charge in [-0.15, -0.1) is 11.3 Å². The molecule has 0 aliphatic heterocycles. The van der Waals surface area contributed by atoms with Gasteiger partial charge in [-0.3, -0.25) is 0 Å². The first kappa shape index (κ1) is 10.4. The van der Waals surface area contributed by atoms with E-state index in [4.69, 9.17) is 0 Å². The number of halogens is 2. The van der Waals surface area contributed by atoms with Crippen LogP contribution in [0, 0.1) is 6.92 Å². The highest BCUT2D eigenvalue weighted by atomic mass is 79.9. The standard InChI is InChI=1S/C11H8Br2S/c1-7-2-3-11(14-7)8-4-9(12)6-10(13)5-8/h2-6H,1H3. The molecule has 1 aromatic carbocycles. The fourth-order valence-corrected chi connectivity index (χ4v) is 3.43. The van der Waals surface area contributed by atoms with Crippen LogP contribution in [0.15, 0.2) is 39.3 Å². The minimum absolute atomic E-state index is 1.10. The molecule has 1 aromatic heterocycles. The van der Waals surface area contributed by atoms with E-state index in [1.807, 2.05) is 17.4 Å². The first-order chi connectivity index (χ1) is 6.65. The van der Waals surface area contributed by atoms with Crippen molar-refractivity contribution in [3.8, 4) is 10.4 Å². The average Bonchev–Trinajstić information content (AvgIpc) is 2.50. The highest BCUT2D eigenvalue weighted by molar-refractivity contribution is 9.11. The van der Waals surface area contributed by atoms with Gasteiger partial charge >= 0.3 is 0 Å². The van der Waals surface area contributed by atoms with E-state index >= 15 is 0 Å². The van der Waals surface area contributed by atoms with E-state index in [0.717, 1.165) is 8.95 Å². The van der Waals surface area contributed by atoms with Crippen molar-refractivity contribution >= 4 is 43.2 Å². The maximum Gasteiger partial charge on any atom is 0.0346 e. The molecule has 2 aromatic rings. The summed E-state index contributed by atoms with van der Waals surface area (Å²) in [5.41, 5.74) is 1.25. The number of benzene rings is 1. The van der Waals surface area contributed by atoms with E-state index in [2.05, 4.69) is 63.0 Å². The maximum absolute atomic E-state index is 3.49. The highest BCUT2D eigenvalue weighted by Crippen LogP contribution is 2.32. The first-order valence-electron chi connectivity index (χ1n) is 4.18. The van der Waals surface area contributed by atoms with Crippen LogP contribution in [-0.2, 0) is 0 Å². The molecule has 0 fully saturated rings. The lowest BCUT2D eigenvalue weighted by molar-refractivity contribution is 1.60. The summed E-state index contributed by atoms with van der Waals surface area (Å²) >= 11 is 8.80. The average molecular weight is 332 g/mol. The quantitative estimate of drug-likeness (QED) is 0.669. The minimum atomic E-state index is 1.10. The van der Waals surface area contributed by atoms with Crippen molar-refractivity contribution in [1.82, 2.24) is 0 Å². The summed E-state index contributed by atoms with van der Waals surface area (Å²) in [6.45, 7) is 2.13. The van der Waals surface area contributed by atoms with Crippen LogP contribution in [0.25, 0.3) is 10.4 Å². The molecule has 1 heterocycles. The minimum Gasteiger partial charge on any atom is -0.141 e. The molecule has 0 aliphatic carbocycles. The molecule has 0 bridgehead atoms. The normalized spacial score (nSPS) is 10.5. The number of thiophene rings is 1. The van der Waals surface area contributed by atoms with Crippen molar-refractivity contribution in [2.24, 2.45) is 0 Å². The van der Waals surface area contributed by atoms with Crippen LogP contribution in [0.5, 0.6) is 0 Å². The lowest BCUT2D eigenvalue weighted by atomic mass is 10.2. The lowest BCUT2D eigenvalue weighted by Crippen LogP contribution is -1.73. The molecular formula is C11H8Br2S. The molecule has 72 valence electrons. The Hall–Kier alpha value is -0.120. The Bertz CT molecular complexity index is 440. The summed E-state index contributed by atoms with van der Waals surface area (Å²) < 4.78 is 2.21. The summed E-state index contributed by atoms with van der Waals surface area (Å²) in [4.78, 5) is 2.65. The Morgan fingerprint density at radius 2 is 1.64 bits per heavy atom. The summed E-state index contributed by atoms with van der Waals surface area (Å²) in [6, 6.07) is 10.6. The highest BCUT2D eigenvalue weighted by Gasteiger charge is 2.02. The molecule has 14 heavy (non-hydrogen) atoms. The predicted octanol–water partition coefficient (Wildman–Crippen LogP) is 5.25. The van der Waals surface area contributed by atoms with E-state index < -0.39 is 0 Å². The number of aryl methyl sites for hydroxylation is 1. The van der Waals surface area contributed by atoms with Crippen molar-refractivity contribution in [2.45, 2.75) is 6.92 Å². The zero-order chi connectivity index (χ0) is 10.1. The molecule has 0 radical (unpaired) electrons. The van der Waals surface area contributed by atoms with E-state index in [1.165, 1.54) is 15.3 Å². The van der Waals surface area contributed by atoms with Crippen LogP contribution in [0.1, 0.15) is 4.88 Å². The largest absolute Gasteiger partial charge is 0.141 e. The molecule has 0 saturated carbocycles. The van der Waals surface area contributed by atoms with Gasteiger partial charge in [-0.25, -0.2) is 0 Å². The predicted molar refractivity (Wildman–Crippen MR) is 69.9 cm³/mol. The Balaban J connectivity index is 2.51. The third-order valence-corrected chi connectivity index (χ3v) is 3.85. The summed E-state index contributed by atoms with van der Waals surface area (Å²) in [5.74, 6) is 0. The van der Waals surface area contributed by atoms with E-state index in [0.29, 0.717) is 0 Å². The Morgan fingerprint density at radius 1 is 1.00 bits per heavy atom. The van der Waals surface area contributed by atoms with E-state index in [1.54, 1.807) is 0 Å². The Kier molecular flexibility index (Phi) is 3.10. The SMILES string of the molecule is Cc1ccc(-c2cc(Br)cc(Br)c2)s1. The molecule has 0 amide bonds. The number of rotatable bonds is 1. The number of hydrogen-bond donors (Lipinski definition) is 0. The van der Waals surface area contributed by atoms with Gasteiger partial charge in [0.1, 0.15) is 0 Å². The molecule has 0 unspecified atom stereocenters. The molecule has 0 nitrogen and oxygen atoms in total. The van der Waals surface area contributed by atoms with Crippen LogP contribution in [0.4, 0.5) is 0 Å². The van der Waals surface area contributed by atoms with Crippen molar-refractivity contribution < 1.29 is 0 Å². The van der Waals surface area contributed by atoms with Gasteiger partial charge in [-0.2, -0.15) is 0 Å². The van der Waals surface area contributed by atoms with Crippen molar-refractivity contribution in [1.29, 1.82) is 0 Å². The second-order valence-corrected chi connectivity index (χ2v) is 6.19. The first-order valence-corrected chi connectivity index (χ1v) is 6.58. The van der Waals surface area contributed by atoms with Crippen molar-refractivity contribution in [2.75, 3.05) is 0 Å². The molecular weight excluding hydrogens is 324 g/mol. The van der Waals surface area contributed by atoms with Crippen LogP contribution < -0.4 is 0 Å². The molecule has 0 saturated heterocycles. The number of hydrogen-bond acceptors (Lipinski definition) is 1. The lowest BCUT2D eigenvalue weighted by Gasteiger charge is -1.99. The topological polar surface area (TPSA) is 0 Å². The van der Waals surface area contributed by atoms with Gasteiger partial charge < -0.3 is 0 Å². The molecule has 0 N–H and O–H groups in total. The molecule has 0 aliphatic rings. The molecule has 2 rings (SSSR count). The van der Waals surface area contributed by atoms with Crippen LogP contribution in [-0.4, -0.2) is 0 Å². The monoisotopic (exact) mass is 330 g/mol. The van der Waals surface area contributed by atoms with Gasteiger partial charge in [0, 0.05) is 18.7 Å². The fraction of sp³-hybridized carbons (Fsp3) is 0.0909. The van der Waals surface area contributed by atoms with Gasteiger partial charge in [0.05, 0.1) is 0 Å². The summed E-state index contributed by atoms with van der Waals surface area (Å²) in [6.07, 6.45) is 0. The zero-order valence-corrected chi connectivity index (χ0v) is 11.5. The Morgan fingerprint density at radius 3 is 2.14 bits per heavy atom. The second kappa shape index (κ2) is 4.17. The third-order valence-electron chi connectivity index (χ3n) is 1.89. The fourth-order valence-electron chi connectivity index (χ4n) is 1.29. The maximum atomic E-state index is 3.49. The van der Waals surface area contributed by atoms with Gasteiger partial charge in [-0.05, 0) is 42.8 Å². The van der Waals surface area contributed by atoms with Gasteiger partial charge in [0.15, 0.2) is 0 Å². The molecule has 3 heteroatoms. The van der Waals surface area contributed by atoms with Gasteiger partial charge in [0.2, 0.25) is 0 Å². The van der Waals surface area contributed by atoms with Gasteiger partial charge in [0.25, 0.3) is 0 Å². The van der Waals surface area contributed by atoms with Crippen LogP contribution in [0.2, 0.25) is 0 Å². The van der Waals surface area contributed by atoms with Crippen LogP contribution in [0.3, 0.4) is 0 Å². The van der Waals surface area contributed by atoms with Crippen molar-refractivity contribution in [3.05, 3.63) is 44.2 Å². The third kappa shape index (κ3) is 2.27. The smallest absolute Gasteiger partial charge is 0.0346 e. The molecule has 0 atom stereocenters. The summed E-state index contributed by atoms with van der Waals surface area (Å²) in [5, 5.41) is 0. The zero-order valence-electron chi connectivity index (χ0n) is 7.55. The van der Waals surface area contributed by atoms with Gasteiger partial charge in [-0.1, -0.05) is 31.9 Å². The van der Waals surface area contributed by atoms with E-state index in [-0.39, 0.29) is 0 Å². The van der Waals surface area contributed by atoms with Crippen LogP contribution >= 0.6 is 43.2 Å². The van der Waals surface area contributed by atoms with E-state index in [9.17, 15) is 0 Å². The second-order valence-electron chi connectivity index (χ2n) is 3.07. The Labute approximate surface area is 104 Å².